The number of aliphatic hydroxyl groups excluding tert-OH is 2. The van der Waals surface area contributed by atoms with Crippen molar-refractivity contribution in [2.24, 2.45) is 0 Å². The summed E-state index contributed by atoms with van der Waals surface area (Å²) in [7, 11) is 0. The lowest BCUT2D eigenvalue weighted by Crippen LogP contribution is -2.32. The minimum Gasteiger partial charge on any atom is -0.500 e. The van der Waals surface area contributed by atoms with Crippen LogP contribution in [0.5, 0.6) is 5.75 Å². The van der Waals surface area contributed by atoms with Gasteiger partial charge in [-0.1, -0.05) is 35.3 Å². The van der Waals surface area contributed by atoms with Crippen molar-refractivity contribution in [3.05, 3.63) is 69.1 Å². The Morgan fingerprint density at radius 1 is 1.12 bits per heavy atom. The summed E-state index contributed by atoms with van der Waals surface area (Å²) in [4.78, 5) is 22.8. The first-order valence-corrected chi connectivity index (χ1v) is 10.1. The van der Waals surface area contributed by atoms with Crippen LogP contribution in [-0.2, 0) is 16.0 Å². The monoisotopic (exact) mass is 483 g/mol. The van der Waals surface area contributed by atoms with Crippen molar-refractivity contribution in [1.82, 2.24) is 10.6 Å². The predicted octanol–water partition coefficient (Wildman–Crippen LogP) is 1.81. The molecule has 0 radical (unpaired) electrons. The summed E-state index contributed by atoms with van der Waals surface area (Å²) < 4.78 is 5.30. The minimum atomic E-state index is -0.887. The van der Waals surface area contributed by atoms with Crippen LogP contribution in [0.1, 0.15) is 24.2 Å². The summed E-state index contributed by atoms with van der Waals surface area (Å²) in [6.45, 7) is 2.26. The van der Waals surface area contributed by atoms with Gasteiger partial charge in [0.1, 0.15) is 5.75 Å². The molecule has 32 heavy (non-hydrogen) atoms. The summed E-state index contributed by atoms with van der Waals surface area (Å²) in [6, 6.07) is 10.1. The zero-order valence-corrected chi connectivity index (χ0v) is 18.5. The molecule has 2 unspecified atom stereocenters. The van der Waals surface area contributed by atoms with Crippen LogP contribution in [0.15, 0.2) is 47.9 Å². The average molecular weight is 484 g/mol. The molecule has 0 aromatic heterocycles. The maximum atomic E-state index is 11.6. The normalized spacial score (nSPS) is 15.2. The first kappa shape index (κ1) is 25.4. The second-order valence-corrected chi connectivity index (χ2v) is 7.95. The number of imide groups is 1. The highest BCUT2D eigenvalue weighted by Crippen LogP contribution is 2.31. The van der Waals surface area contributed by atoms with Crippen molar-refractivity contribution in [2.45, 2.75) is 25.5 Å². The molecule has 2 aromatic carbocycles. The zero-order valence-electron chi connectivity index (χ0n) is 17.0. The van der Waals surface area contributed by atoms with Crippen molar-refractivity contribution in [3.8, 4) is 5.75 Å². The molecule has 0 spiro atoms. The van der Waals surface area contributed by atoms with Gasteiger partial charge in [0.25, 0.3) is 11.8 Å². The molecule has 9 nitrogen and oxygen atoms in total. The lowest BCUT2D eigenvalue weighted by molar-refractivity contribution is -0.125. The van der Waals surface area contributed by atoms with Crippen molar-refractivity contribution in [1.29, 1.82) is 0 Å². The topological polar surface area (TPSA) is 165 Å². The molecule has 172 valence electrons. The van der Waals surface area contributed by atoms with Gasteiger partial charge >= 0.3 is 0 Å². The number of anilines is 1. The van der Waals surface area contributed by atoms with Crippen LogP contribution in [-0.4, -0.2) is 40.1 Å². The first-order valence-electron chi connectivity index (χ1n) is 9.37. The highest BCUT2D eigenvalue weighted by atomic mass is 35.5. The molecule has 1 aliphatic heterocycles. The molecule has 8 N–H and O–H groups in total. The van der Waals surface area contributed by atoms with Gasteiger partial charge < -0.3 is 31.5 Å². The third-order valence-corrected chi connectivity index (χ3v) is 5.32. The Balaban J connectivity index is 0.00000363. The maximum Gasteiger partial charge on any atom is 0.298 e. The number of aliphatic hydroxyl groups is 2. The molecule has 11 heteroatoms. The number of hydrogen-bond donors (Lipinski definition) is 5. The average Bonchev–Trinajstić information content (AvgIpc) is 2.97. The van der Waals surface area contributed by atoms with Crippen molar-refractivity contribution < 1.29 is 30.0 Å². The smallest absolute Gasteiger partial charge is 0.298 e. The van der Waals surface area contributed by atoms with E-state index >= 15 is 0 Å². The van der Waals surface area contributed by atoms with Crippen LogP contribution in [0, 0.1) is 0 Å². The first-order chi connectivity index (χ1) is 14.7. The molecule has 2 atom stereocenters. The Kier molecular flexibility index (Phi) is 8.48. The van der Waals surface area contributed by atoms with Crippen LogP contribution in [0.2, 0.25) is 10.0 Å². The van der Waals surface area contributed by atoms with E-state index in [1.807, 2.05) is 12.2 Å². The van der Waals surface area contributed by atoms with Gasteiger partial charge in [0.05, 0.1) is 21.8 Å². The van der Waals surface area contributed by atoms with Gasteiger partial charge in [0, 0.05) is 12.6 Å². The minimum absolute atomic E-state index is 0. The van der Waals surface area contributed by atoms with Crippen LogP contribution in [0.4, 0.5) is 5.69 Å². The number of ether oxygens (including phenoxy) is 1. The van der Waals surface area contributed by atoms with E-state index in [4.69, 9.17) is 33.7 Å². The SMILES string of the molecule is CC(Cc1ccc(OC2=C(O)C(=O)NC2=O)cc1)NCC(O)c1cc(Cl)c(N)c(Cl)c1.O. The number of benzene rings is 2. The van der Waals surface area contributed by atoms with Crippen molar-refractivity contribution >= 4 is 40.7 Å². The zero-order chi connectivity index (χ0) is 22.7. The molecule has 0 bridgehead atoms. The summed E-state index contributed by atoms with van der Waals surface area (Å²) in [6.07, 6.45) is -0.154. The Morgan fingerprint density at radius 2 is 1.72 bits per heavy atom. The number of nitrogens with one attached hydrogen (secondary N) is 2. The Hall–Kier alpha value is -2.82. The van der Waals surface area contributed by atoms with Gasteiger partial charge in [0.15, 0.2) is 0 Å². The molecule has 1 aliphatic rings. The van der Waals surface area contributed by atoms with E-state index in [9.17, 15) is 19.8 Å². The number of rotatable bonds is 8. The molecule has 1 heterocycles. The van der Waals surface area contributed by atoms with Crippen LogP contribution < -0.4 is 21.1 Å². The molecular weight excluding hydrogens is 461 g/mol. The van der Waals surface area contributed by atoms with Gasteiger partial charge in [-0.15, -0.1) is 0 Å². The Morgan fingerprint density at radius 3 is 2.25 bits per heavy atom. The molecule has 0 fully saturated rings. The fraction of sp³-hybridized carbons (Fsp3) is 0.238. The molecule has 2 amide bonds. The van der Waals surface area contributed by atoms with Gasteiger partial charge in [-0.25, -0.2) is 0 Å². The van der Waals surface area contributed by atoms with Crippen LogP contribution >= 0.6 is 23.2 Å². The summed E-state index contributed by atoms with van der Waals surface area (Å²) in [5.41, 5.74) is 7.54. The van der Waals surface area contributed by atoms with Crippen LogP contribution in [0.3, 0.4) is 0 Å². The van der Waals surface area contributed by atoms with E-state index < -0.39 is 29.4 Å². The van der Waals surface area contributed by atoms with Gasteiger partial charge in [0.2, 0.25) is 11.5 Å². The number of hydrogen-bond acceptors (Lipinski definition) is 7. The van der Waals surface area contributed by atoms with E-state index in [0.717, 1.165) is 5.56 Å². The molecule has 0 saturated carbocycles. The fourth-order valence-corrected chi connectivity index (χ4v) is 3.49. The molecule has 0 saturated heterocycles. The summed E-state index contributed by atoms with van der Waals surface area (Å²) in [5.74, 6) is -2.53. The summed E-state index contributed by atoms with van der Waals surface area (Å²) >= 11 is 12.0. The number of nitrogen functional groups attached to an aromatic ring is 1. The molecular formula is C21H23Cl2N3O6. The second kappa shape index (κ2) is 10.7. The van der Waals surface area contributed by atoms with E-state index in [1.54, 1.807) is 36.4 Å². The molecule has 2 aromatic rings. The third kappa shape index (κ3) is 5.90. The van der Waals surface area contributed by atoms with E-state index in [2.05, 4.69) is 5.32 Å². The van der Waals surface area contributed by atoms with Gasteiger partial charge in [-0.05, 0) is 48.7 Å². The lowest BCUT2D eigenvalue weighted by atomic mass is 10.1. The molecule has 0 aliphatic carbocycles. The highest BCUT2D eigenvalue weighted by molar-refractivity contribution is 6.38. The maximum absolute atomic E-state index is 11.6. The predicted molar refractivity (Wildman–Crippen MR) is 120 cm³/mol. The van der Waals surface area contributed by atoms with Crippen LogP contribution in [0.25, 0.3) is 0 Å². The second-order valence-electron chi connectivity index (χ2n) is 7.13. The summed E-state index contributed by atoms with van der Waals surface area (Å²) in [5, 5.41) is 25.7. The fourth-order valence-electron chi connectivity index (χ4n) is 2.99. The number of carbonyl (C=O) groups excluding carboxylic acids is 2. The highest BCUT2D eigenvalue weighted by Gasteiger charge is 2.32. The number of carbonyl (C=O) groups is 2. The number of halogens is 2. The lowest BCUT2D eigenvalue weighted by Gasteiger charge is -2.18. The van der Waals surface area contributed by atoms with Crippen molar-refractivity contribution in [3.63, 3.8) is 0 Å². The standard InChI is InChI=1S/C21H21Cl2N3O5.H2O/c1-10(25-9-16(27)12-7-14(22)17(24)15(23)8-12)6-11-2-4-13(5-3-11)31-19-18(28)20(29)26-21(19)30;/h2-5,7-8,10,16,25,27H,6,9,24H2,1H3,(H2,26,28,29,30);1H2. The molecule has 3 rings (SSSR count). The van der Waals surface area contributed by atoms with Gasteiger partial charge in [-0.2, -0.15) is 0 Å². The number of amides is 2. The Bertz CT molecular complexity index is 1020. The number of nitrogens with two attached hydrogens (primary N) is 1. The largest absolute Gasteiger partial charge is 0.500 e. The van der Waals surface area contributed by atoms with E-state index in [0.29, 0.717) is 27.8 Å². The van der Waals surface area contributed by atoms with Gasteiger partial charge in [-0.3, -0.25) is 14.9 Å². The third-order valence-electron chi connectivity index (χ3n) is 4.69. The van der Waals surface area contributed by atoms with Crippen molar-refractivity contribution in [2.75, 3.05) is 12.3 Å². The van der Waals surface area contributed by atoms with E-state index in [1.165, 1.54) is 0 Å². The quantitative estimate of drug-likeness (QED) is 0.282. The Labute approximate surface area is 194 Å². The van der Waals surface area contributed by atoms with E-state index in [-0.39, 0.29) is 23.8 Å².